The molecule has 0 bridgehead atoms. The third-order valence-corrected chi connectivity index (χ3v) is 2.95. The van der Waals surface area contributed by atoms with Crippen molar-refractivity contribution in [1.82, 2.24) is 10.6 Å². The van der Waals surface area contributed by atoms with E-state index in [2.05, 4.69) is 10.6 Å². The summed E-state index contributed by atoms with van der Waals surface area (Å²) < 4.78 is 0. The summed E-state index contributed by atoms with van der Waals surface area (Å²) in [5.41, 5.74) is 12.5. The molecular weight excluding hydrogens is 288 g/mol. The van der Waals surface area contributed by atoms with Crippen molar-refractivity contribution < 1.29 is 19.5 Å². The Bertz CT molecular complexity index is 530. The predicted molar refractivity (Wildman–Crippen MR) is 79.7 cm³/mol. The number of rotatable bonds is 8. The number of nitrogens with one attached hydrogen (secondary N) is 2. The summed E-state index contributed by atoms with van der Waals surface area (Å²) in [6, 6.07) is 6.36. The molecule has 1 rings (SSSR count). The topological polar surface area (TPSA) is 148 Å². The lowest BCUT2D eigenvalue weighted by Crippen LogP contribution is -2.50. The lowest BCUT2D eigenvalue weighted by atomic mass is 10.0. The summed E-state index contributed by atoms with van der Waals surface area (Å²) in [6.45, 7) is -0.360. The number of carbonyl (C=O) groups excluding carboxylic acids is 2. The lowest BCUT2D eigenvalue weighted by molar-refractivity contribution is -0.138. The van der Waals surface area contributed by atoms with Gasteiger partial charge in [0.1, 0.15) is 12.6 Å². The summed E-state index contributed by atoms with van der Waals surface area (Å²) in [6.07, 6.45) is 0.224. The highest BCUT2D eigenvalue weighted by molar-refractivity contribution is 5.90. The zero-order valence-electron chi connectivity index (χ0n) is 12.0. The summed E-state index contributed by atoms with van der Waals surface area (Å²) in [5, 5.41) is 13.3. The Morgan fingerprint density at radius 2 is 1.68 bits per heavy atom. The van der Waals surface area contributed by atoms with Gasteiger partial charge >= 0.3 is 5.97 Å². The van der Waals surface area contributed by atoms with E-state index in [0.717, 1.165) is 11.1 Å². The van der Waals surface area contributed by atoms with Crippen molar-refractivity contribution >= 4 is 17.8 Å². The van der Waals surface area contributed by atoms with Crippen LogP contribution >= 0.6 is 0 Å². The maximum Gasteiger partial charge on any atom is 0.322 e. The van der Waals surface area contributed by atoms with Crippen molar-refractivity contribution in [3.63, 3.8) is 0 Å². The average Bonchev–Trinajstić information content (AvgIpc) is 2.52. The molecule has 0 fully saturated rings. The number of hydrogen-bond donors (Lipinski definition) is 5. The van der Waals surface area contributed by atoms with Gasteiger partial charge in [-0.25, -0.2) is 0 Å². The van der Waals surface area contributed by atoms with Crippen molar-refractivity contribution in [3.05, 3.63) is 35.4 Å². The average molecular weight is 308 g/mol. The van der Waals surface area contributed by atoms with Gasteiger partial charge in [-0.2, -0.15) is 0 Å². The van der Waals surface area contributed by atoms with Gasteiger partial charge < -0.3 is 27.2 Å². The van der Waals surface area contributed by atoms with Crippen LogP contribution < -0.4 is 22.1 Å². The lowest BCUT2D eigenvalue weighted by Gasteiger charge is -2.18. The Morgan fingerprint density at radius 3 is 2.18 bits per heavy atom. The second kappa shape index (κ2) is 8.75. The summed E-state index contributed by atoms with van der Waals surface area (Å²) in [7, 11) is 0. The van der Waals surface area contributed by atoms with Crippen LogP contribution in [0.4, 0.5) is 0 Å². The smallest absolute Gasteiger partial charge is 0.322 e. The first-order chi connectivity index (χ1) is 10.5. The summed E-state index contributed by atoms with van der Waals surface area (Å²) in [4.78, 5) is 33.9. The quantitative estimate of drug-likeness (QED) is 0.388. The SMILES string of the molecule is NCC(=O)N[C@@H](Cc1ccc(CN)cc1)C(=O)NCC(=O)O. The summed E-state index contributed by atoms with van der Waals surface area (Å²) in [5.74, 6) is -2.23. The molecule has 0 heterocycles. The largest absolute Gasteiger partial charge is 0.480 e. The predicted octanol–water partition coefficient (Wildman–Crippen LogP) is -1.67. The van der Waals surface area contributed by atoms with E-state index in [1.165, 1.54) is 0 Å². The number of nitrogens with two attached hydrogens (primary N) is 2. The van der Waals surface area contributed by atoms with E-state index < -0.39 is 30.4 Å². The molecule has 2 amide bonds. The number of aliphatic carboxylic acids is 1. The second-order valence-electron chi connectivity index (χ2n) is 4.66. The fourth-order valence-electron chi connectivity index (χ4n) is 1.80. The molecule has 120 valence electrons. The molecule has 0 aliphatic heterocycles. The molecule has 7 N–H and O–H groups in total. The normalized spacial score (nSPS) is 11.5. The molecule has 0 saturated carbocycles. The molecule has 0 unspecified atom stereocenters. The first-order valence-corrected chi connectivity index (χ1v) is 6.73. The van der Waals surface area contributed by atoms with Gasteiger partial charge in [0.2, 0.25) is 11.8 Å². The van der Waals surface area contributed by atoms with E-state index >= 15 is 0 Å². The Labute approximate surface area is 127 Å². The fourth-order valence-corrected chi connectivity index (χ4v) is 1.80. The van der Waals surface area contributed by atoms with Crippen molar-refractivity contribution in [2.24, 2.45) is 11.5 Å². The highest BCUT2D eigenvalue weighted by Gasteiger charge is 2.21. The number of amides is 2. The second-order valence-corrected chi connectivity index (χ2v) is 4.66. The van der Waals surface area contributed by atoms with Crippen LogP contribution in [0.1, 0.15) is 11.1 Å². The molecule has 8 heteroatoms. The number of hydrogen-bond acceptors (Lipinski definition) is 5. The fraction of sp³-hybridized carbons (Fsp3) is 0.357. The van der Waals surface area contributed by atoms with Gasteiger partial charge in [0.05, 0.1) is 6.54 Å². The minimum Gasteiger partial charge on any atom is -0.480 e. The standard InChI is InChI=1S/C14H20N4O4/c15-6-10-3-1-9(2-4-10)5-11(18-12(19)7-16)14(22)17-8-13(20)21/h1-4,11H,5-8,15-16H2,(H,17,22)(H,18,19)(H,20,21)/t11-/m0/s1. The van der Waals surface area contributed by atoms with Gasteiger partial charge in [0.15, 0.2) is 0 Å². The molecule has 1 aromatic carbocycles. The molecule has 0 aromatic heterocycles. The van der Waals surface area contributed by atoms with Gasteiger partial charge in [0, 0.05) is 13.0 Å². The van der Waals surface area contributed by atoms with Crippen LogP contribution in [-0.4, -0.2) is 42.0 Å². The van der Waals surface area contributed by atoms with Crippen molar-refractivity contribution in [2.45, 2.75) is 19.0 Å². The molecule has 1 atom stereocenters. The minimum absolute atomic E-state index is 0.224. The van der Waals surface area contributed by atoms with E-state index in [-0.39, 0.29) is 13.0 Å². The van der Waals surface area contributed by atoms with Gasteiger partial charge in [-0.15, -0.1) is 0 Å². The van der Waals surface area contributed by atoms with Gasteiger partial charge in [-0.1, -0.05) is 24.3 Å². The third kappa shape index (κ3) is 5.90. The first kappa shape index (κ1) is 17.6. The highest BCUT2D eigenvalue weighted by Crippen LogP contribution is 2.07. The van der Waals surface area contributed by atoms with E-state index in [9.17, 15) is 14.4 Å². The van der Waals surface area contributed by atoms with Crippen LogP contribution in [0, 0.1) is 0 Å². The maximum absolute atomic E-state index is 12.0. The van der Waals surface area contributed by atoms with Crippen LogP contribution in [-0.2, 0) is 27.3 Å². The van der Waals surface area contributed by atoms with Crippen LogP contribution in [0.25, 0.3) is 0 Å². The molecule has 8 nitrogen and oxygen atoms in total. The molecule has 0 radical (unpaired) electrons. The molecule has 0 aliphatic rings. The van der Waals surface area contributed by atoms with Crippen LogP contribution in [0.15, 0.2) is 24.3 Å². The van der Waals surface area contributed by atoms with E-state index in [1.807, 2.05) is 12.1 Å². The number of carboxylic acid groups (broad SMARTS) is 1. The molecule has 0 spiro atoms. The zero-order valence-corrected chi connectivity index (χ0v) is 12.0. The Hall–Kier alpha value is -2.45. The number of carboxylic acids is 1. The minimum atomic E-state index is -1.16. The Morgan fingerprint density at radius 1 is 1.09 bits per heavy atom. The van der Waals surface area contributed by atoms with Crippen LogP contribution in [0.3, 0.4) is 0 Å². The Kier molecular flexibility index (Phi) is 7.00. The first-order valence-electron chi connectivity index (χ1n) is 6.73. The van der Waals surface area contributed by atoms with Gasteiger partial charge in [0.25, 0.3) is 0 Å². The van der Waals surface area contributed by atoms with Crippen molar-refractivity contribution in [2.75, 3.05) is 13.1 Å². The molecule has 0 saturated heterocycles. The molecule has 0 aliphatic carbocycles. The van der Waals surface area contributed by atoms with Crippen LogP contribution in [0.2, 0.25) is 0 Å². The van der Waals surface area contributed by atoms with E-state index in [1.54, 1.807) is 12.1 Å². The van der Waals surface area contributed by atoms with Crippen molar-refractivity contribution in [1.29, 1.82) is 0 Å². The third-order valence-electron chi connectivity index (χ3n) is 2.95. The van der Waals surface area contributed by atoms with E-state index in [0.29, 0.717) is 6.54 Å². The number of carbonyl (C=O) groups is 3. The molecule has 22 heavy (non-hydrogen) atoms. The molecule has 1 aromatic rings. The highest BCUT2D eigenvalue weighted by atomic mass is 16.4. The zero-order chi connectivity index (χ0) is 16.5. The van der Waals surface area contributed by atoms with Gasteiger partial charge in [-0.3, -0.25) is 14.4 Å². The number of benzene rings is 1. The monoisotopic (exact) mass is 308 g/mol. The molecular formula is C14H20N4O4. The van der Waals surface area contributed by atoms with Crippen LogP contribution in [0.5, 0.6) is 0 Å². The summed E-state index contributed by atoms with van der Waals surface area (Å²) >= 11 is 0. The maximum atomic E-state index is 12.0. The Balaban J connectivity index is 2.77. The van der Waals surface area contributed by atoms with E-state index in [4.69, 9.17) is 16.6 Å². The van der Waals surface area contributed by atoms with Gasteiger partial charge in [-0.05, 0) is 11.1 Å². The van der Waals surface area contributed by atoms with Crippen molar-refractivity contribution in [3.8, 4) is 0 Å².